The molecule has 0 amide bonds. The third-order valence-corrected chi connectivity index (χ3v) is 4.18. The van der Waals surface area contributed by atoms with E-state index in [0.717, 1.165) is 11.8 Å². The van der Waals surface area contributed by atoms with E-state index >= 15 is 0 Å². The highest BCUT2D eigenvalue weighted by Crippen LogP contribution is 2.32. The Morgan fingerprint density at radius 3 is 2.61 bits per heavy atom. The van der Waals surface area contributed by atoms with Crippen molar-refractivity contribution in [1.29, 1.82) is 0 Å². The molecule has 5 nitrogen and oxygen atoms in total. The molecule has 1 aromatic heterocycles. The Morgan fingerprint density at radius 2 is 2.04 bits per heavy atom. The molecule has 0 saturated heterocycles. The molecule has 0 saturated carbocycles. The number of aliphatic hydroxyl groups is 1. The minimum atomic E-state index is -3.80. The second kappa shape index (κ2) is 7.59. The molecular weight excluding hydrogens is 361 g/mol. The van der Waals surface area contributed by atoms with Gasteiger partial charge in [0.25, 0.3) is 10.1 Å². The van der Waals surface area contributed by atoms with Crippen LogP contribution in [0.4, 0.5) is 0 Å². The molecule has 2 rings (SSSR count). The zero-order chi connectivity index (χ0) is 17.0. The van der Waals surface area contributed by atoms with Crippen LogP contribution in [0.3, 0.4) is 0 Å². The fraction of sp³-hybridized carbons (Fsp3) is 0.267. The maximum absolute atomic E-state index is 11.5. The van der Waals surface area contributed by atoms with Crippen LogP contribution in [0.15, 0.2) is 42.7 Å². The Morgan fingerprint density at radius 1 is 1.30 bits per heavy atom. The van der Waals surface area contributed by atoms with Crippen molar-refractivity contribution >= 4 is 33.3 Å². The zero-order valence-electron chi connectivity index (χ0n) is 12.2. The number of pyridine rings is 1. The van der Waals surface area contributed by atoms with Crippen molar-refractivity contribution in [3.05, 3.63) is 63.9 Å². The first-order chi connectivity index (χ1) is 10.8. The summed E-state index contributed by atoms with van der Waals surface area (Å²) in [4.78, 5) is 3.96. The minimum Gasteiger partial charge on any atom is -0.390 e. The van der Waals surface area contributed by atoms with E-state index in [-0.39, 0.29) is 11.4 Å². The van der Waals surface area contributed by atoms with Gasteiger partial charge in [-0.15, -0.1) is 0 Å². The van der Waals surface area contributed by atoms with Crippen molar-refractivity contribution in [2.24, 2.45) is 0 Å². The summed E-state index contributed by atoms with van der Waals surface area (Å²) in [6, 6.07) is 8.06. The third kappa shape index (κ3) is 5.44. The van der Waals surface area contributed by atoms with Crippen LogP contribution in [-0.4, -0.2) is 30.9 Å². The Bertz CT molecular complexity index is 768. The topological polar surface area (TPSA) is 76.5 Å². The second-order valence-electron chi connectivity index (χ2n) is 5.02. The summed E-state index contributed by atoms with van der Waals surface area (Å²) >= 11 is 12.0. The van der Waals surface area contributed by atoms with Gasteiger partial charge in [0.05, 0.1) is 12.4 Å². The fourth-order valence-electron chi connectivity index (χ4n) is 2.11. The molecule has 0 aliphatic rings. The van der Waals surface area contributed by atoms with Crippen LogP contribution in [0.1, 0.15) is 17.2 Å². The Hall–Kier alpha value is -1.18. The van der Waals surface area contributed by atoms with E-state index in [9.17, 15) is 13.5 Å². The highest BCUT2D eigenvalue weighted by atomic mass is 35.5. The van der Waals surface area contributed by atoms with Crippen LogP contribution >= 0.6 is 23.2 Å². The molecule has 0 radical (unpaired) electrons. The van der Waals surface area contributed by atoms with Crippen molar-refractivity contribution in [2.45, 2.75) is 18.6 Å². The molecule has 0 aliphatic heterocycles. The summed E-state index contributed by atoms with van der Waals surface area (Å²) in [7, 11) is -3.80. The summed E-state index contributed by atoms with van der Waals surface area (Å²) in [6.45, 7) is 0. The van der Waals surface area contributed by atoms with E-state index in [2.05, 4.69) is 4.98 Å². The van der Waals surface area contributed by atoms with Gasteiger partial charge in [-0.25, -0.2) is 0 Å². The molecule has 1 heterocycles. The van der Waals surface area contributed by atoms with Gasteiger partial charge in [-0.05, 0) is 23.8 Å². The average molecular weight is 376 g/mol. The number of benzene rings is 1. The van der Waals surface area contributed by atoms with E-state index in [1.54, 1.807) is 30.6 Å². The molecule has 2 atom stereocenters. The Balaban J connectivity index is 2.33. The number of aliphatic hydroxyl groups excluding tert-OH is 1. The second-order valence-corrected chi connectivity index (χ2v) is 7.46. The molecule has 124 valence electrons. The van der Waals surface area contributed by atoms with Crippen LogP contribution in [0.2, 0.25) is 10.0 Å². The molecule has 0 fully saturated rings. The lowest BCUT2D eigenvalue weighted by molar-refractivity contribution is 0.0404. The van der Waals surface area contributed by atoms with E-state index in [0.29, 0.717) is 10.6 Å². The number of halogens is 2. The summed E-state index contributed by atoms with van der Waals surface area (Å²) in [6.07, 6.45) is 2.00. The molecule has 2 aromatic rings. The van der Waals surface area contributed by atoms with Crippen LogP contribution in [0.25, 0.3) is 0 Å². The number of aromatic nitrogens is 1. The van der Waals surface area contributed by atoms with Gasteiger partial charge in [0.2, 0.25) is 0 Å². The van der Waals surface area contributed by atoms with Gasteiger partial charge in [-0.1, -0.05) is 35.3 Å². The first-order valence-corrected chi connectivity index (χ1v) is 9.23. The molecule has 1 N–H and O–H groups in total. The van der Waals surface area contributed by atoms with Gasteiger partial charge in [0.1, 0.15) is 6.10 Å². The first kappa shape index (κ1) is 18.2. The highest BCUT2D eigenvalue weighted by Gasteiger charge is 2.28. The van der Waals surface area contributed by atoms with Crippen LogP contribution in [0.5, 0.6) is 0 Å². The first-order valence-electron chi connectivity index (χ1n) is 6.66. The standard InChI is InChI=1S/C15H15Cl2NO4S/c1-23(20,21)22-15(12-5-4-11(16)8-13(12)17)14(19)7-10-3-2-6-18-9-10/h2-6,8-9,14-15,19H,7H2,1H3. The minimum absolute atomic E-state index is 0.160. The molecule has 2 unspecified atom stereocenters. The summed E-state index contributed by atoms with van der Waals surface area (Å²) in [5.74, 6) is 0. The van der Waals surface area contributed by atoms with Gasteiger partial charge in [0.15, 0.2) is 0 Å². The zero-order valence-corrected chi connectivity index (χ0v) is 14.5. The predicted molar refractivity (Wildman–Crippen MR) is 89.1 cm³/mol. The van der Waals surface area contributed by atoms with Crippen molar-refractivity contribution in [3.63, 3.8) is 0 Å². The number of rotatable bonds is 6. The summed E-state index contributed by atoms with van der Waals surface area (Å²) in [5.41, 5.74) is 1.09. The van der Waals surface area contributed by atoms with Crippen molar-refractivity contribution in [3.8, 4) is 0 Å². The van der Waals surface area contributed by atoms with Crippen molar-refractivity contribution in [1.82, 2.24) is 4.98 Å². The molecule has 8 heteroatoms. The lowest BCUT2D eigenvalue weighted by atomic mass is 9.99. The van der Waals surface area contributed by atoms with E-state index < -0.39 is 22.3 Å². The van der Waals surface area contributed by atoms with Gasteiger partial charge in [0, 0.05) is 34.4 Å². The SMILES string of the molecule is CS(=O)(=O)OC(c1ccc(Cl)cc1Cl)C(O)Cc1cccnc1. The molecule has 23 heavy (non-hydrogen) atoms. The van der Waals surface area contributed by atoms with Gasteiger partial charge in [-0.2, -0.15) is 8.42 Å². The largest absolute Gasteiger partial charge is 0.390 e. The molecule has 1 aromatic carbocycles. The third-order valence-electron chi connectivity index (χ3n) is 3.06. The quantitative estimate of drug-likeness (QED) is 0.785. The van der Waals surface area contributed by atoms with Crippen LogP contribution < -0.4 is 0 Å². The van der Waals surface area contributed by atoms with Gasteiger partial charge >= 0.3 is 0 Å². The number of hydrogen-bond acceptors (Lipinski definition) is 5. The van der Waals surface area contributed by atoms with E-state index in [4.69, 9.17) is 27.4 Å². The number of hydrogen-bond donors (Lipinski definition) is 1. The Kier molecular flexibility index (Phi) is 6.00. The van der Waals surface area contributed by atoms with Crippen LogP contribution in [0, 0.1) is 0 Å². The van der Waals surface area contributed by atoms with Crippen molar-refractivity contribution in [2.75, 3.05) is 6.26 Å². The lowest BCUT2D eigenvalue weighted by Crippen LogP contribution is -2.26. The summed E-state index contributed by atoms with van der Waals surface area (Å²) < 4.78 is 28.1. The molecule has 0 spiro atoms. The smallest absolute Gasteiger partial charge is 0.265 e. The molecule has 0 aliphatic carbocycles. The summed E-state index contributed by atoms with van der Waals surface area (Å²) in [5, 5.41) is 11.1. The normalized spacial score (nSPS) is 14.4. The van der Waals surface area contributed by atoms with Gasteiger partial charge in [-0.3, -0.25) is 9.17 Å². The number of nitrogens with zero attached hydrogens (tertiary/aromatic N) is 1. The Labute approximate surface area is 145 Å². The maximum Gasteiger partial charge on any atom is 0.265 e. The van der Waals surface area contributed by atoms with E-state index in [1.165, 1.54) is 12.1 Å². The maximum atomic E-state index is 11.5. The average Bonchev–Trinajstić information content (AvgIpc) is 2.45. The van der Waals surface area contributed by atoms with E-state index in [1.807, 2.05) is 0 Å². The predicted octanol–water partition coefficient (Wildman–Crippen LogP) is 3.01. The molecule has 0 bridgehead atoms. The molecular formula is C15H15Cl2NO4S. The van der Waals surface area contributed by atoms with Crippen molar-refractivity contribution < 1.29 is 17.7 Å². The highest BCUT2D eigenvalue weighted by molar-refractivity contribution is 7.86. The fourth-order valence-corrected chi connectivity index (χ4v) is 3.24. The monoisotopic (exact) mass is 375 g/mol. The van der Waals surface area contributed by atoms with Gasteiger partial charge < -0.3 is 5.11 Å². The van der Waals surface area contributed by atoms with Crippen LogP contribution in [-0.2, 0) is 20.7 Å². The lowest BCUT2D eigenvalue weighted by Gasteiger charge is -2.23.